The highest BCUT2D eigenvalue weighted by atomic mass is 16.6. The molecule has 2 aliphatic carbocycles. The molecule has 0 aromatic heterocycles. The van der Waals surface area contributed by atoms with E-state index < -0.39 is 70.1 Å². The minimum Gasteiger partial charge on any atom is -0.467 e. The fourth-order valence-electron chi connectivity index (χ4n) is 8.95. The Bertz CT molecular complexity index is 1350. The number of ether oxygens (including phenoxy) is 3. The maximum absolute atomic E-state index is 12.8. The van der Waals surface area contributed by atoms with E-state index in [1.165, 1.54) is 40.1 Å². The van der Waals surface area contributed by atoms with Crippen LogP contribution in [0.1, 0.15) is 65.2 Å². The highest BCUT2D eigenvalue weighted by Gasteiger charge is 2.78. The van der Waals surface area contributed by atoms with Crippen LogP contribution in [0.25, 0.3) is 0 Å². The number of esters is 3. The van der Waals surface area contributed by atoms with Crippen molar-refractivity contribution in [3.05, 3.63) is 24.3 Å². The average molecular weight is 679 g/mol. The highest BCUT2D eigenvalue weighted by molar-refractivity contribution is 6.00. The van der Waals surface area contributed by atoms with Crippen LogP contribution in [0, 0.1) is 23.7 Å². The zero-order valence-corrected chi connectivity index (χ0v) is 28.6. The van der Waals surface area contributed by atoms with Gasteiger partial charge in [0.15, 0.2) is 11.1 Å². The number of carbonyl (C=O) groups excluding carboxylic acids is 5. The number of carbonyl (C=O) groups is 5. The van der Waals surface area contributed by atoms with Gasteiger partial charge < -0.3 is 44.4 Å². The fourth-order valence-corrected chi connectivity index (χ4v) is 8.95. The summed E-state index contributed by atoms with van der Waals surface area (Å²) in [5.41, 5.74) is -6.99. The summed E-state index contributed by atoms with van der Waals surface area (Å²) in [6.45, 7) is 2.61. The Hall–Kier alpha value is -3.33. The van der Waals surface area contributed by atoms with Gasteiger partial charge in [-0.3, -0.25) is 14.4 Å². The molecule has 0 unspecified atom stereocenters. The summed E-state index contributed by atoms with van der Waals surface area (Å²) < 4.78 is 15.3. The van der Waals surface area contributed by atoms with Crippen LogP contribution in [0.2, 0.25) is 0 Å². The Balaban J connectivity index is 0.000000217. The first-order valence-corrected chi connectivity index (χ1v) is 16.5. The van der Waals surface area contributed by atoms with E-state index in [4.69, 9.17) is 14.2 Å². The van der Waals surface area contributed by atoms with Gasteiger partial charge >= 0.3 is 17.9 Å². The van der Waals surface area contributed by atoms with Gasteiger partial charge in [-0.25, -0.2) is 9.59 Å². The van der Waals surface area contributed by atoms with Gasteiger partial charge in [-0.1, -0.05) is 24.3 Å². The molecule has 0 spiro atoms. The lowest BCUT2D eigenvalue weighted by molar-refractivity contribution is -0.193. The summed E-state index contributed by atoms with van der Waals surface area (Å²) >= 11 is 0. The number of likely N-dealkylation sites (N-methyl/N-ethyl adjacent to an activating group) is 2. The number of methoxy groups -OCH3 is 2. The molecule has 14 heteroatoms. The van der Waals surface area contributed by atoms with Crippen LogP contribution >= 0.6 is 0 Å². The van der Waals surface area contributed by atoms with Crippen molar-refractivity contribution in [3.8, 4) is 0 Å². The van der Waals surface area contributed by atoms with Crippen molar-refractivity contribution < 1.29 is 58.6 Å². The minimum atomic E-state index is -1.91. The van der Waals surface area contributed by atoms with E-state index in [-0.39, 0.29) is 37.2 Å². The Kier molecular flexibility index (Phi) is 10.8. The van der Waals surface area contributed by atoms with Crippen molar-refractivity contribution in [3.63, 3.8) is 0 Å². The van der Waals surface area contributed by atoms with Crippen LogP contribution in [0.4, 0.5) is 0 Å². The number of hydrogen-bond donors (Lipinski definition) is 4. The predicted octanol–water partition coefficient (Wildman–Crippen LogP) is 0.246. The lowest BCUT2D eigenvalue weighted by Crippen LogP contribution is -2.70. The van der Waals surface area contributed by atoms with E-state index in [0.717, 1.165) is 30.6 Å². The normalized spacial score (nSPS) is 38.6. The summed E-state index contributed by atoms with van der Waals surface area (Å²) in [5, 5.41) is 42.7. The third kappa shape index (κ3) is 5.26. The average Bonchev–Trinajstić information content (AvgIpc) is 3.54. The summed E-state index contributed by atoms with van der Waals surface area (Å²) in [5.74, 6) is -5.49. The van der Waals surface area contributed by atoms with Gasteiger partial charge in [0.2, 0.25) is 17.4 Å². The SMILES string of the molecule is COC(=O)[C@]1([C@H](O)[C@@H]2C=CCCC2)N(C)C(=O)[C@@H]2CC(=O)O[C@@]21C.COC(=O)[C@]1([C@H](O)[C@@H]2C=CCCC2)N(C)C(=O)[C@H](CCO)[C@]1(C)O. The fraction of sp³-hybridized carbons (Fsp3) is 0.735. The number of nitrogens with zero attached hydrogens (tertiary/aromatic N) is 2. The van der Waals surface area contributed by atoms with Crippen LogP contribution < -0.4 is 0 Å². The second kappa shape index (κ2) is 13.9. The molecule has 0 bridgehead atoms. The van der Waals surface area contributed by atoms with Crippen LogP contribution in [-0.2, 0) is 38.2 Å². The Morgan fingerprint density at radius 2 is 1.38 bits per heavy atom. The molecule has 0 radical (unpaired) electrons. The summed E-state index contributed by atoms with van der Waals surface area (Å²) in [6, 6.07) is 0. The van der Waals surface area contributed by atoms with Gasteiger partial charge in [0.05, 0.1) is 44.7 Å². The lowest BCUT2D eigenvalue weighted by Gasteiger charge is -2.47. The molecule has 3 saturated heterocycles. The van der Waals surface area contributed by atoms with E-state index in [1.54, 1.807) is 6.92 Å². The summed E-state index contributed by atoms with van der Waals surface area (Å²) in [7, 11) is 5.23. The van der Waals surface area contributed by atoms with Crippen LogP contribution in [0.5, 0.6) is 0 Å². The van der Waals surface area contributed by atoms with Gasteiger partial charge in [0, 0.05) is 32.5 Å². The zero-order valence-electron chi connectivity index (χ0n) is 28.6. The minimum absolute atomic E-state index is 0.00213. The van der Waals surface area contributed by atoms with Crippen molar-refractivity contribution in [2.75, 3.05) is 34.9 Å². The molecule has 48 heavy (non-hydrogen) atoms. The highest BCUT2D eigenvalue weighted by Crippen LogP contribution is 2.54. The molecule has 3 aliphatic heterocycles. The summed E-state index contributed by atoms with van der Waals surface area (Å²) in [4.78, 5) is 65.1. The smallest absolute Gasteiger partial charge is 0.338 e. The quantitative estimate of drug-likeness (QED) is 0.155. The van der Waals surface area contributed by atoms with Gasteiger partial charge in [-0.05, 0) is 58.8 Å². The van der Waals surface area contributed by atoms with Crippen LogP contribution in [0.3, 0.4) is 0 Å². The van der Waals surface area contributed by atoms with E-state index in [1.807, 2.05) is 24.3 Å². The number of likely N-dealkylation sites (tertiary alicyclic amines) is 2. The monoisotopic (exact) mass is 678 g/mol. The molecule has 0 saturated carbocycles. The Labute approximate surface area is 280 Å². The molecule has 14 nitrogen and oxygen atoms in total. The number of hydrogen-bond acceptors (Lipinski definition) is 12. The van der Waals surface area contributed by atoms with E-state index in [9.17, 15) is 44.4 Å². The van der Waals surface area contributed by atoms with Crippen molar-refractivity contribution in [1.82, 2.24) is 9.80 Å². The molecular formula is C34H50N2O12. The van der Waals surface area contributed by atoms with Gasteiger partial charge in [-0.2, -0.15) is 0 Å². The molecule has 3 fully saturated rings. The molecule has 268 valence electrons. The number of amides is 2. The van der Waals surface area contributed by atoms with Crippen LogP contribution in [-0.4, -0.2) is 129 Å². The third-order valence-electron chi connectivity index (χ3n) is 11.5. The first-order chi connectivity index (χ1) is 22.6. The van der Waals surface area contributed by atoms with Gasteiger partial charge in [-0.15, -0.1) is 0 Å². The lowest BCUT2D eigenvalue weighted by atomic mass is 9.68. The third-order valence-corrected chi connectivity index (χ3v) is 11.5. The molecule has 5 rings (SSSR count). The van der Waals surface area contributed by atoms with E-state index in [0.29, 0.717) is 12.8 Å². The Morgan fingerprint density at radius 3 is 1.83 bits per heavy atom. The molecular weight excluding hydrogens is 628 g/mol. The van der Waals surface area contributed by atoms with Gasteiger partial charge in [0.1, 0.15) is 5.60 Å². The maximum Gasteiger partial charge on any atom is 0.338 e. The van der Waals surface area contributed by atoms with Crippen LogP contribution in [0.15, 0.2) is 24.3 Å². The number of allylic oxidation sites excluding steroid dienone is 2. The molecule has 10 atom stereocenters. The van der Waals surface area contributed by atoms with Crippen molar-refractivity contribution in [1.29, 1.82) is 0 Å². The first-order valence-electron chi connectivity index (χ1n) is 16.5. The van der Waals surface area contributed by atoms with Gasteiger partial charge in [0.25, 0.3) is 0 Å². The number of aliphatic hydroxyl groups excluding tert-OH is 3. The first kappa shape index (κ1) is 37.5. The molecule has 2 amide bonds. The standard InChI is InChI=1S/C17H23NO6.C17H27NO6/c1-16-11(9-12(19)24-16)14(21)18(2)17(16,15(22)23-3)13(20)10-7-5-4-6-8-10;1-16(23)12(9-10-19)14(21)18(2)17(16,15(22)24-3)13(20)11-7-5-4-6-8-11/h5,7,10-11,13,20H,4,6,8-9H2,1-3H3;5,7,11-13,19-20,23H,4,6,8-10H2,1-3H3/t10-,11+,13-,16+,17+;11-,12+,13-,16+,17+/m11/s1. The second-order valence-corrected chi connectivity index (χ2v) is 13.8. The number of aliphatic hydroxyl groups is 4. The van der Waals surface area contributed by atoms with Crippen molar-refractivity contribution in [2.24, 2.45) is 23.7 Å². The molecule has 5 aliphatic rings. The number of rotatable bonds is 8. The number of fused-ring (bicyclic) bond motifs is 1. The largest absolute Gasteiger partial charge is 0.467 e. The topological polar surface area (TPSA) is 200 Å². The molecule has 0 aromatic carbocycles. The molecule has 3 heterocycles. The molecule has 0 aromatic rings. The van der Waals surface area contributed by atoms with E-state index in [2.05, 4.69) is 0 Å². The molecule has 4 N–H and O–H groups in total. The summed E-state index contributed by atoms with van der Waals surface area (Å²) in [6.07, 6.45) is 9.84. The maximum atomic E-state index is 12.8. The predicted molar refractivity (Wildman–Crippen MR) is 168 cm³/mol. The van der Waals surface area contributed by atoms with Crippen molar-refractivity contribution in [2.45, 2.75) is 99.7 Å². The Morgan fingerprint density at radius 1 is 0.896 bits per heavy atom. The zero-order chi connectivity index (χ0) is 35.8. The second-order valence-electron chi connectivity index (χ2n) is 13.8. The van der Waals surface area contributed by atoms with E-state index >= 15 is 0 Å². The van der Waals surface area contributed by atoms with Crippen molar-refractivity contribution >= 4 is 29.7 Å².